The third-order valence-corrected chi connectivity index (χ3v) is 6.00. The Morgan fingerprint density at radius 1 is 1.24 bits per heavy atom. The molecule has 1 aliphatic heterocycles. The van der Waals surface area contributed by atoms with Crippen molar-refractivity contribution < 1.29 is 4.79 Å². The zero-order valence-electron chi connectivity index (χ0n) is 16.2. The summed E-state index contributed by atoms with van der Waals surface area (Å²) in [6.07, 6.45) is 2.18. The molecule has 1 N–H and O–H groups in total. The number of amides is 1. The van der Waals surface area contributed by atoms with Crippen molar-refractivity contribution >= 4 is 40.6 Å². The van der Waals surface area contributed by atoms with Crippen LogP contribution in [0.3, 0.4) is 0 Å². The molecular weight excluding hydrogens is 406 g/mol. The highest BCUT2D eigenvalue weighted by molar-refractivity contribution is 7.71. The van der Waals surface area contributed by atoms with Crippen LogP contribution >= 0.6 is 23.8 Å². The number of halogens is 1. The third kappa shape index (κ3) is 4.14. The molecule has 1 atom stereocenters. The molecule has 1 saturated heterocycles. The molecule has 29 heavy (non-hydrogen) atoms. The Bertz CT molecular complexity index is 1180. The molecule has 0 unspecified atom stereocenters. The quantitative estimate of drug-likeness (QED) is 0.620. The van der Waals surface area contributed by atoms with Crippen LogP contribution in [-0.2, 0) is 6.54 Å². The lowest BCUT2D eigenvalue weighted by Gasteiger charge is -2.31. The molecule has 2 heterocycles. The zero-order valence-corrected chi connectivity index (χ0v) is 17.7. The molecule has 3 aromatic rings. The van der Waals surface area contributed by atoms with Crippen LogP contribution in [0.1, 0.15) is 35.7 Å². The number of piperidine rings is 1. The molecule has 4 rings (SSSR count). The van der Waals surface area contributed by atoms with E-state index in [1.165, 1.54) is 4.57 Å². The fourth-order valence-electron chi connectivity index (χ4n) is 3.86. The monoisotopic (exact) mass is 427 g/mol. The minimum Gasteiger partial charge on any atom is -0.338 e. The first-order valence-electron chi connectivity index (χ1n) is 9.73. The van der Waals surface area contributed by atoms with E-state index in [9.17, 15) is 9.59 Å². The number of fused-ring (bicyclic) bond motifs is 1. The fourth-order valence-corrected chi connectivity index (χ4v) is 4.24. The Morgan fingerprint density at radius 3 is 2.72 bits per heavy atom. The van der Waals surface area contributed by atoms with Gasteiger partial charge >= 0.3 is 0 Å². The van der Waals surface area contributed by atoms with Crippen molar-refractivity contribution in [2.75, 3.05) is 13.1 Å². The van der Waals surface area contributed by atoms with Gasteiger partial charge in [-0.25, -0.2) is 0 Å². The number of carbonyl (C=O) groups excluding carboxylic acids is 1. The number of hydrogen-bond acceptors (Lipinski definition) is 3. The first-order chi connectivity index (χ1) is 13.9. The molecule has 0 bridgehead atoms. The second kappa shape index (κ2) is 8.13. The Morgan fingerprint density at radius 2 is 2.00 bits per heavy atom. The van der Waals surface area contributed by atoms with E-state index in [-0.39, 0.29) is 11.5 Å². The number of nitrogens with one attached hydrogen (secondary N) is 1. The average Bonchev–Trinajstić information content (AvgIpc) is 2.71. The van der Waals surface area contributed by atoms with E-state index in [0.29, 0.717) is 38.7 Å². The van der Waals surface area contributed by atoms with E-state index in [0.717, 1.165) is 31.5 Å². The van der Waals surface area contributed by atoms with E-state index in [1.54, 1.807) is 30.3 Å². The second-order valence-electron chi connectivity index (χ2n) is 7.71. The minimum atomic E-state index is -0.177. The number of nitrogens with zero attached hydrogens (tertiary/aromatic N) is 2. The van der Waals surface area contributed by atoms with Gasteiger partial charge in [-0.3, -0.25) is 14.2 Å². The molecule has 0 spiro atoms. The van der Waals surface area contributed by atoms with Gasteiger partial charge in [-0.1, -0.05) is 30.7 Å². The summed E-state index contributed by atoms with van der Waals surface area (Å²) in [4.78, 5) is 30.9. The molecule has 5 nitrogen and oxygen atoms in total. The highest BCUT2D eigenvalue weighted by atomic mass is 35.5. The Labute approximate surface area is 178 Å². The number of aromatic amines is 1. The van der Waals surface area contributed by atoms with E-state index in [1.807, 2.05) is 17.0 Å². The summed E-state index contributed by atoms with van der Waals surface area (Å²) in [6.45, 7) is 4.07. The standard InChI is InChI=1S/C22H22ClN3O2S/c1-14-3-2-10-25(12-14)20(27)16-6-9-18-19(11-16)24-22(29)26(21(18)28)13-15-4-7-17(23)8-5-15/h4-9,11,14H,2-3,10,12-13H2,1H3,(H,24,29)/t14-/m1/s1. The van der Waals surface area contributed by atoms with Gasteiger partial charge < -0.3 is 9.88 Å². The van der Waals surface area contributed by atoms with Crippen molar-refractivity contribution in [1.29, 1.82) is 0 Å². The molecule has 150 valence electrons. The van der Waals surface area contributed by atoms with Gasteiger partial charge in [-0.15, -0.1) is 0 Å². The average molecular weight is 428 g/mol. The summed E-state index contributed by atoms with van der Waals surface area (Å²) >= 11 is 11.4. The van der Waals surface area contributed by atoms with Crippen LogP contribution in [-0.4, -0.2) is 33.4 Å². The van der Waals surface area contributed by atoms with Crippen LogP contribution in [0.25, 0.3) is 10.9 Å². The molecule has 1 aliphatic rings. The van der Waals surface area contributed by atoms with Crippen LogP contribution in [0, 0.1) is 10.7 Å². The number of benzene rings is 2. The van der Waals surface area contributed by atoms with Crippen molar-refractivity contribution in [3.05, 3.63) is 73.7 Å². The molecule has 0 saturated carbocycles. The predicted molar refractivity (Wildman–Crippen MR) is 118 cm³/mol. The lowest BCUT2D eigenvalue weighted by atomic mass is 9.99. The van der Waals surface area contributed by atoms with Gasteiger partial charge in [0.05, 0.1) is 17.4 Å². The normalized spacial score (nSPS) is 16.9. The maximum atomic E-state index is 13.0. The highest BCUT2D eigenvalue weighted by Crippen LogP contribution is 2.19. The Kier molecular flexibility index (Phi) is 5.56. The number of hydrogen-bond donors (Lipinski definition) is 1. The van der Waals surface area contributed by atoms with E-state index in [2.05, 4.69) is 11.9 Å². The van der Waals surface area contributed by atoms with Gasteiger partial charge in [0.25, 0.3) is 11.5 Å². The molecule has 1 fully saturated rings. The summed E-state index contributed by atoms with van der Waals surface area (Å²) < 4.78 is 1.85. The number of carbonyl (C=O) groups is 1. The molecule has 1 aromatic heterocycles. The number of rotatable bonds is 3. The summed E-state index contributed by atoms with van der Waals surface area (Å²) in [5, 5.41) is 1.15. The maximum absolute atomic E-state index is 13.0. The number of likely N-dealkylation sites (tertiary alicyclic amines) is 1. The van der Waals surface area contributed by atoms with Crippen molar-refractivity contribution in [1.82, 2.24) is 14.5 Å². The van der Waals surface area contributed by atoms with Gasteiger partial charge in [0.15, 0.2) is 4.77 Å². The topological polar surface area (TPSA) is 58.1 Å². The molecule has 2 aromatic carbocycles. The minimum absolute atomic E-state index is 0.00288. The van der Waals surface area contributed by atoms with Crippen LogP contribution < -0.4 is 5.56 Å². The van der Waals surface area contributed by atoms with Gasteiger partial charge in [-0.2, -0.15) is 0 Å². The van der Waals surface area contributed by atoms with Crippen LogP contribution in [0.4, 0.5) is 0 Å². The van der Waals surface area contributed by atoms with E-state index < -0.39 is 0 Å². The lowest BCUT2D eigenvalue weighted by Crippen LogP contribution is -2.39. The Hall–Kier alpha value is -2.44. The van der Waals surface area contributed by atoms with Crippen molar-refractivity contribution in [2.24, 2.45) is 5.92 Å². The Balaban J connectivity index is 1.68. The van der Waals surface area contributed by atoms with E-state index in [4.69, 9.17) is 23.8 Å². The largest absolute Gasteiger partial charge is 0.338 e. The summed E-state index contributed by atoms with van der Waals surface area (Å²) in [5.41, 5.74) is 1.92. The van der Waals surface area contributed by atoms with Crippen LogP contribution in [0.2, 0.25) is 5.02 Å². The summed E-state index contributed by atoms with van der Waals surface area (Å²) in [7, 11) is 0. The smallest absolute Gasteiger partial charge is 0.262 e. The SMILES string of the molecule is C[C@@H]1CCCN(C(=O)c2ccc3c(=O)n(Cc4ccc(Cl)cc4)c(=S)[nH]c3c2)C1. The highest BCUT2D eigenvalue weighted by Gasteiger charge is 2.22. The van der Waals surface area contributed by atoms with Gasteiger partial charge in [0.1, 0.15) is 0 Å². The number of H-pyrrole nitrogens is 1. The molecule has 7 heteroatoms. The summed E-state index contributed by atoms with van der Waals surface area (Å²) in [5.74, 6) is 0.516. The molecule has 0 aliphatic carbocycles. The molecule has 1 amide bonds. The van der Waals surface area contributed by atoms with Gasteiger partial charge in [0.2, 0.25) is 0 Å². The maximum Gasteiger partial charge on any atom is 0.262 e. The van der Waals surface area contributed by atoms with Gasteiger partial charge in [-0.05, 0) is 66.9 Å². The van der Waals surface area contributed by atoms with Crippen LogP contribution in [0.5, 0.6) is 0 Å². The molecular formula is C22H22ClN3O2S. The first kappa shape index (κ1) is 19.9. The predicted octanol–water partition coefficient (Wildman–Crippen LogP) is 4.63. The van der Waals surface area contributed by atoms with Crippen LogP contribution in [0.15, 0.2) is 47.3 Å². The van der Waals surface area contributed by atoms with Crippen molar-refractivity contribution in [2.45, 2.75) is 26.3 Å². The summed E-state index contributed by atoms with van der Waals surface area (Å²) in [6, 6.07) is 12.5. The zero-order chi connectivity index (χ0) is 20.5. The second-order valence-corrected chi connectivity index (χ2v) is 8.53. The number of aromatic nitrogens is 2. The van der Waals surface area contributed by atoms with Crippen molar-refractivity contribution in [3.63, 3.8) is 0 Å². The third-order valence-electron chi connectivity index (χ3n) is 5.43. The molecule has 0 radical (unpaired) electrons. The first-order valence-corrected chi connectivity index (χ1v) is 10.5. The van der Waals surface area contributed by atoms with E-state index >= 15 is 0 Å². The van der Waals surface area contributed by atoms with Crippen molar-refractivity contribution in [3.8, 4) is 0 Å². The van der Waals surface area contributed by atoms with Gasteiger partial charge in [0, 0.05) is 23.7 Å². The fraction of sp³-hybridized carbons (Fsp3) is 0.318. The lowest BCUT2D eigenvalue weighted by molar-refractivity contribution is 0.0683.